The van der Waals surface area contributed by atoms with E-state index in [9.17, 15) is 0 Å². The van der Waals surface area contributed by atoms with Crippen LogP contribution in [0.15, 0.2) is 23.2 Å². The molecular formula is C18H32N4O2. The standard InChI is InChI=1S/C18H32N4O2/c1-5-22(6-2)13-9-12-20-18(19)21-16-14-15(23-7-3)10-11-17(16)24-8-4/h10-11,14H,5-9,12-13H2,1-4H3,(H3,19,20,21). The van der Waals surface area contributed by atoms with Crippen LogP contribution in [0.3, 0.4) is 0 Å². The van der Waals surface area contributed by atoms with Gasteiger partial charge in [-0.1, -0.05) is 13.8 Å². The maximum absolute atomic E-state index is 6.01. The predicted molar refractivity (Wildman–Crippen MR) is 101 cm³/mol. The fraction of sp³-hybridized carbons (Fsp3) is 0.611. The summed E-state index contributed by atoms with van der Waals surface area (Å²) in [5.74, 6) is 1.91. The summed E-state index contributed by atoms with van der Waals surface area (Å²) in [4.78, 5) is 6.77. The third-order valence-corrected chi connectivity index (χ3v) is 3.63. The van der Waals surface area contributed by atoms with Crippen LogP contribution in [0, 0.1) is 0 Å². The third-order valence-electron chi connectivity index (χ3n) is 3.63. The lowest BCUT2D eigenvalue weighted by atomic mass is 10.2. The van der Waals surface area contributed by atoms with E-state index in [0.29, 0.717) is 25.7 Å². The summed E-state index contributed by atoms with van der Waals surface area (Å²) in [5, 5.41) is 3.12. The fourth-order valence-electron chi connectivity index (χ4n) is 2.36. The molecule has 0 spiro atoms. The first-order valence-electron chi connectivity index (χ1n) is 8.83. The number of anilines is 1. The number of hydrogen-bond donors (Lipinski definition) is 2. The van der Waals surface area contributed by atoms with Crippen molar-refractivity contribution in [2.45, 2.75) is 34.1 Å². The van der Waals surface area contributed by atoms with Crippen LogP contribution in [0.25, 0.3) is 0 Å². The van der Waals surface area contributed by atoms with Gasteiger partial charge in [0.15, 0.2) is 5.96 Å². The van der Waals surface area contributed by atoms with Crippen molar-refractivity contribution in [3.05, 3.63) is 18.2 Å². The summed E-state index contributed by atoms with van der Waals surface area (Å²) in [5.41, 5.74) is 6.78. The van der Waals surface area contributed by atoms with E-state index in [1.165, 1.54) is 0 Å². The molecule has 6 nitrogen and oxygen atoms in total. The van der Waals surface area contributed by atoms with E-state index in [0.717, 1.165) is 43.2 Å². The first-order chi connectivity index (χ1) is 11.6. The number of nitrogens with zero attached hydrogens (tertiary/aromatic N) is 2. The van der Waals surface area contributed by atoms with Crippen molar-refractivity contribution in [2.75, 3.05) is 44.7 Å². The first kappa shape index (κ1) is 20.1. The van der Waals surface area contributed by atoms with Gasteiger partial charge in [-0.15, -0.1) is 0 Å². The van der Waals surface area contributed by atoms with Gasteiger partial charge in [0, 0.05) is 12.6 Å². The number of ether oxygens (including phenoxy) is 2. The molecule has 0 saturated carbocycles. The number of nitrogens with one attached hydrogen (secondary N) is 1. The zero-order valence-corrected chi connectivity index (χ0v) is 15.5. The monoisotopic (exact) mass is 336 g/mol. The van der Waals surface area contributed by atoms with Gasteiger partial charge in [0.2, 0.25) is 0 Å². The zero-order valence-electron chi connectivity index (χ0n) is 15.5. The number of benzene rings is 1. The molecule has 0 aliphatic rings. The van der Waals surface area contributed by atoms with E-state index in [1.807, 2.05) is 32.0 Å². The van der Waals surface area contributed by atoms with E-state index in [1.54, 1.807) is 0 Å². The summed E-state index contributed by atoms with van der Waals surface area (Å²) in [6.07, 6.45) is 0.987. The predicted octanol–water partition coefficient (Wildman–Crippen LogP) is 2.94. The Bertz CT molecular complexity index is 502. The Balaban J connectivity index is 2.64. The van der Waals surface area contributed by atoms with Gasteiger partial charge in [0.05, 0.1) is 18.9 Å². The highest BCUT2D eigenvalue weighted by molar-refractivity contribution is 5.94. The summed E-state index contributed by atoms with van der Waals surface area (Å²) >= 11 is 0. The molecule has 0 radical (unpaired) electrons. The van der Waals surface area contributed by atoms with Crippen LogP contribution < -0.4 is 20.5 Å². The average Bonchev–Trinajstić information content (AvgIpc) is 2.58. The van der Waals surface area contributed by atoms with Crippen molar-refractivity contribution in [3.63, 3.8) is 0 Å². The van der Waals surface area contributed by atoms with Gasteiger partial charge >= 0.3 is 0 Å². The maximum atomic E-state index is 6.01. The largest absolute Gasteiger partial charge is 0.494 e. The van der Waals surface area contributed by atoms with Crippen LogP contribution in [0.4, 0.5) is 5.69 Å². The van der Waals surface area contributed by atoms with Crippen molar-refractivity contribution in [3.8, 4) is 11.5 Å². The number of nitrogens with two attached hydrogens (primary N) is 1. The second kappa shape index (κ2) is 11.6. The third kappa shape index (κ3) is 7.08. The highest BCUT2D eigenvalue weighted by atomic mass is 16.5. The minimum Gasteiger partial charge on any atom is -0.494 e. The van der Waals surface area contributed by atoms with Crippen molar-refractivity contribution in [1.82, 2.24) is 4.90 Å². The van der Waals surface area contributed by atoms with E-state index >= 15 is 0 Å². The molecule has 1 aromatic carbocycles. The van der Waals surface area contributed by atoms with E-state index in [4.69, 9.17) is 15.2 Å². The lowest BCUT2D eigenvalue weighted by molar-refractivity contribution is 0.302. The molecule has 0 bridgehead atoms. The minimum atomic E-state index is 0.393. The van der Waals surface area contributed by atoms with E-state index in [-0.39, 0.29) is 0 Å². The molecule has 24 heavy (non-hydrogen) atoms. The smallest absolute Gasteiger partial charge is 0.193 e. The molecule has 0 heterocycles. The highest BCUT2D eigenvalue weighted by Crippen LogP contribution is 2.29. The van der Waals surface area contributed by atoms with Crippen LogP contribution in [-0.2, 0) is 0 Å². The van der Waals surface area contributed by atoms with Crippen LogP contribution in [0.1, 0.15) is 34.1 Å². The molecule has 0 aromatic heterocycles. The molecule has 0 saturated heterocycles. The molecule has 136 valence electrons. The summed E-state index contributed by atoms with van der Waals surface area (Å²) in [6, 6.07) is 5.65. The van der Waals surface area contributed by atoms with Gasteiger partial charge in [-0.3, -0.25) is 4.99 Å². The highest BCUT2D eigenvalue weighted by Gasteiger charge is 2.07. The van der Waals surface area contributed by atoms with Crippen molar-refractivity contribution >= 4 is 11.6 Å². The molecular weight excluding hydrogens is 304 g/mol. The van der Waals surface area contributed by atoms with Crippen LogP contribution in [0.5, 0.6) is 11.5 Å². The number of rotatable bonds is 11. The lowest BCUT2D eigenvalue weighted by Crippen LogP contribution is -2.26. The van der Waals surface area contributed by atoms with E-state index < -0.39 is 0 Å². The molecule has 6 heteroatoms. The Kier molecular flexibility index (Phi) is 9.68. The van der Waals surface area contributed by atoms with Gasteiger partial charge in [-0.25, -0.2) is 0 Å². The Morgan fingerprint density at radius 2 is 1.83 bits per heavy atom. The lowest BCUT2D eigenvalue weighted by Gasteiger charge is -2.17. The molecule has 1 rings (SSSR count). The quantitative estimate of drug-likeness (QED) is 0.369. The Hall–Kier alpha value is -1.95. The molecule has 3 N–H and O–H groups in total. The molecule has 0 atom stereocenters. The average molecular weight is 336 g/mol. The zero-order chi connectivity index (χ0) is 17.8. The van der Waals surface area contributed by atoms with Crippen LogP contribution in [0.2, 0.25) is 0 Å². The van der Waals surface area contributed by atoms with Crippen LogP contribution in [-0.4, -0.2) is 50.3 Å². The molecule has 0 fully saturated rings. The molecule has 0 aliphatic heterocycles. The Labute approximate surface area is 146 Å². The minimum absolute atomic E-state index is 0.393. The Morgan fingerprint density at radius 3 is 2.46 bits per heavy atom. The Morgan fingerprint density at radius 1 is 1.12 bits per heavy atom. The topological polar surface area (TPSA) is 72.1 Å². The van der Waals surface area contributed by atoms with Crippen molar-refractivity contribution in [1.29, 1.82) is 0 Å². The SMILES string of the molecule is CCOc1ccc(OCC)c(NC(N)=NCCCN(CC)CC)c1. The van der Waals surface area contributed by atoms with Gasteiger partial charge in [0.25, 0.3) is 0 Å². The second-order valence-corrected chi connectivity index (χ2v) is 5.30. The second-order valence-electron chi connectivity index (χ2n) is 5.30. The first-order valence-corrected chi connectivity index (χ1v) is 8.83. The number of hydrogen-bond acceptors (Lipinski definition) is 4. The van der Waals surface area contributed by atoms with Crippen molar-refractivity contribution in [2.24, 2.45) is 10.7 Å². The van der Waals surface area contributed by atoms with Gasteiger partial charge in [-0.2, -0.15) is 0 Å². The van der Waals surface area contributed by atoms with Crippen molar-refractivity contribution < 1.29 is 9.47 Å². The summed E-state index contributed by atoms with van der Waals surface area (Å²) in [6.45, 7) is 13.3. The summed E-state index contributed by atoms with van der Waals surface area (Å²) in [7, 11) is 0. The van der Waals surface area contributed by atoms with Gasteiger partial charge < -0.3 is 25.4 Å². The van der Waals surface area contributed by atoms with Gasteiger partial charge in [0.1, 0.15) is 11.5 Å². The molecule has 0 unspecified atom stereocenters. The number of aliphatic imine (C=N–C) groups is 1. The summed E-state index contributed by atoms with van der Waals surface area (Å²) < 4.78 is 11.2. The normalized spacial score (nSPS) is 11.6. The van der Waals surface area contributed by atoms with E-state index in [2.05, 4.69) is 29.1 Å². The number of guanidine groups is 1. The fourth-order valence-corrected chi connectivity index (χ4v) is 2.36. The maximum Gasteiger partial charge on any atom is 0.193 e. The molecule has 0 amide bonds. The van der Waals surface area contributed by atoms with Gasteiger partial charge in [-0.05, 0) is 52.0 Å². The van der Waals surface area contributed by atoms with Crippen LogP contribution >= 0.6 is 0 Å². The molecule has 0 aliphatic carbocycles. The molecule has 1 aromatic rings.